The molecule has 0 bridgehead atoms. The predicted octanol–water partition coefficient (Wildman–Crippen LogP) is 6.60. The molecule has 0 radical (unpaired) electrons. The van der Waals surface area contributed by atoms with Gasteiger partial charge in [0.05, 0.1) is 18.7 Å². The van der Waals surface area contributed by atoms with E-state index in [-0.39, 0.29) is 23.5 Å². The van der Waals surface area contributed by atoms with Crippen LogP contribution in [0.3, 0.4) is 0 Å². The van der Waals surface area contributed by atoms with Gasteiger partial charge in [-0.1, -0.05) is 41.9 Å². The van der Waals surface area contributed by atoms with Crippen molar-refractivity contribution in [2.45, 2.75) is 82.6 Å². The molecule has 1 aliphatic carbocycles. The van der Waals surface area contributed by atoms with E-state index in [0.717, 1.165) is 25.7 Å². The van der Waals surface area contributed by atoms with E-state index in [1.54, 1.807) is 26.8 Å². The Hall–Kier alpha value is -2.84. The van der Waals surface area contributed by atoms with Crippen LogP contribution in [0, 0.1) is 11.7 Å². The van der Waals surface area contributed by atoms with Gasteiger partial charge in [-0.3, -0.25) is 9.80 Å². The van der Waals surface area contributed by atoms with Crippen molar-refractivity contribution in [1.29, 1.82) is 0 Å². The summed E-state index contributed by atoms with van der Waals surface area (Å²) >= 11 is 6.44. The average Bonchev–Trinajstić information content (AvgIpc) is 3.35. The molecule has 4 rings (SSSR count). The number of amides is 1. The van der Waals surface area contributed by atoms with Crippen LogP contribution < -0.4 is 4.74 Å². The van der Waals surface area contributed by atoms with Crippen LogP contribution in [0.5, 0.6) is 5.75 Å². The fraction of sp³-hybridized carbons (Fsp3) is 0.562. The second-order valence-electron chi connectivity index (χ2n) is 12.5. The fourth-order valence-electron chi connectivity index (χ4n) is 6.20. The van der Waals surface area contributed by atoms with Crippen molar-refractivity contribution in [3.63, 3.8) is 0 Å². The van der Waals surface area contributed by atoms with Gasteiger partial charge in [0.25, 0.3) is 0 Å². The Morgan fingerprint density at radius 2 is 1.78 bits per heavy atom. The zero-order valence-electron chi connectivity index (χ0n) is 24.9. The lowest BCUT2D eigenvalue weighted by atomic mass is 9.70. The highest BCUT2D eigenvalue weighted by Gasteiger charge is 2.43. The van der Waals surface area contributed by atoms with Gasteiger partial charge in [0.1, 0.15) is 29.3 Å². The summed E-state index contributed by atoms with van der Waals surface area (Å²) in [7, 11) is 5.55. The third-order valence-corrected chi connectivity index (χ3v) is 8.78. The van der Waals surface area contributed by atoms with Crippen molar-refractivity contribution in [2.24, 2.45) is 5.92 Å². The summed E-state index contributed by atoms with van der Waals surface area (Å²) in [5.41, 5.74) is 1.29. The summed E-state index contributed by atoms with van der Waals surface area (Å²) < 4.78 is 31.5. The lowest BCUT2D eigenvalue weighted by molar-refractivity contribution is -0.145. The lowest BCUT2D eigenvalue weighted by Crippen LogP contribution is -2.44. The Labute approximate surface area is 247 Å². The van der Waals surface area contributed by atoms with Crippen molar-refractivity contribution in [1.82, 2.24) is 9.80 Å². The summed E-state index contributed by atoms with van der Waals surface area (Å²) in [6.07, 6.45) is 3.68. The molecule has 1 amide bonds. The summed E-state index contributed by atoms with van der Waals surface area (Å²) in [6, 6.07) is 12.8. The third-order valence-electron chi connectivity index (χ3n) is 8.35. The summed E-state index contributed by atoms with van der Waals surface area (Å²) in [5.74, 6) is -0.416. The van der Waals surface area contributed by atoms with Crippen LogP contribution in [0.2, 0.25) is 5.02 Å². The Bertz CT molecular complexity index is 1220. The van der Waals surface area contributed by atoms with Gasteiger partial charge in [-0.2, -0.15) is 0 Å². The Morgan fingerprint density at radius 1 is 1.12 bits per heavy atom. The van der Waals surface area contributed by atoms with Crippen LogP contribution in [0.15, 0.2) is 42.5 Å². The largest absolute Gasteiger partial charge is 0.488 e. The quantitative estimate of drug-likeness (QED) is 0.340. The van der Waals surface area contributed by atoms with Gasteiger partial charge >= 0.3 is 12.1 Å². The van der Waals surface area contributed by atoms with E-state index < -0.39 is 35.6 Å². The molecule has 1 saturated heterocycles. The van der Waals surface area contributed by atoms with E-state index in [1.165, 1.54) is 23.6 Å². The molecule has 2 aromatic rings. The molecule has 2 aliphatic rings. The number of hydrogen-bond donors (Lipinski definition) is 0. The number of carbonyl (C=O) groups is 2. The van der Waals surface area contributed by atoms with Crippen LogP contribution in [0.4, 0.5) is 9.18 Å². The van der Waals surface area contributed by atoms with Crippen molar-refractivity contribution in [2.75, 3.05) is 27.7 Å². The second kappa shape index (κ2) is 12.6. The molecule has 0 spiro atoms. The van der Waals surface area contributed by atoms with Gasteiger partial charge in [0.15, 0.2) is 0 Å². The number of likely N-dealkylation sites (tertiary alicyclic amines) is 1. The maximum atomic E-state index is 15.0. The van der Waals surface area contributed by atoms with Crippen LogP contribution in [-0.4, -0.2) is 67.4 Å². The summed E-state index contributed by atoms with van der Waals surface area (Å²) in [5, 5.41) is 0.110. The molecule has 41 heavy (non-hydrogen) atoms. The Balaban J connectivity index is 1.46. The van der Waals surface area contributed by atoms with Crippen molar-refractivity contribution < 1.29 is 28.2 Å². The van der Waals surface area contributed by atoms with Gasteiger partial charge < -0.3 is 14.2 Å². The number of esters is 1. The van der Waals surface area contributed by atoms with Crippen molar-refractivity contribution in [3.05, 3.63) is 64.4 Å². The second-order valence-corrected chi connectivity index (χ2v) is 12.8. The minimum atomic E-state index is -0.847. The fourth-order valence-corrected chi connectivity index (χ4v) is 6.39. The molecule has 7 nitrogen and oxygen atoms in total. The number of rotatable bonds is 7. The van der Waals surface area contributed by atoms with E-state index in [9.17, 15) is 14.0 Å². The van der Waals surface area contributed by atoms with E-state index in [0.29, 0.717) is 23.7 Å². The molecular formula is C32H42ClFN2O5. The molecule has 2 atom stereocenters. The van der Waals surface area contributed by atoms with Crippen molar-refractivity contribution in [3.8, 4) is 5.75 Å². The van der Waals surface area contributed by atoms with Gasteiger partial charge in [-0.15, -0.1) is 0 Å². The smallest absolute Gasteiger partial charge is 0.411 e. The number of methoxy groups -OCH3 is 1. The van der Waals surface area contributed by atoms with Crippen LogP contribution in [0.25, 0.3) is 0 Å². The first-order chi connectivity index (χ1) is 19.3. The highest BCUT2D eigenvalue weighted by Crippen LogP contribution is 2.44. The molecule has 0 unspecified atom stereocenters. The molecule has 224 valence electrons. The monoisotopic (exact) mass is 588 g/mol. The van der Waals surface area contributed by atoms with E-state index in [2.05, 4.69) is 43.3 Å². The standard InChI is InChI=1S/C32H42ClFN2O5/c1-31(2,3)41-30(38)36-20-25(19-27(36)29(37)39-6)40-24-17-22(28(33)26(34)18-24)16-21-12-14-32(15-13-21,35(4)5)23-10-8-7-9-11-23/h7-11,17-18,21,25,27H,12-16,19-20H2,1-6H3/t21-,25-,27-,32-/m0/s1. The first kappa shape index (κ1) is 31.1. The highest BCUT2D eigenvalue weighted by molar-refractivity contribution is 6.31. The molecule has 2 fully saturated rings. The zero-order chi connectivity index (χ0) is 29.9. The van der Waals surface area contributed by atoms with Crippen LogP contribution >= 0.6 is 11.6 Å². The number of benzene rings is 2. The highest BCUT2D eigenvalue weighted by atomic mass is 35.5. The normalized spacial score (nSPS) is 24.8. The van der Waals surface area contributed by atoms with Crippen LogP contribution in [-0.2, 0) is 26.2 Å². The number of ether oxygens (including phenoxy) is 3. The number of nitrogens with zero attached hydrogens (tertiary/aromatic N) is 2. The molecule has 1 saturated carbocycles. The van der Waals surface area contributed by atoms with Gasteiger partial charge in [0, 0.05) is 18.0 Å². The maximum Gasteiger partial charge on any atom is 0.411 e. The van der Waals surface area contributed by atoms with Crippen molar-refractivity contribution >= 4 is 23.7 Å². The third kappa shape index (κ3) is 7.15. The van der Waals surface area contributed by atoms with Gasteiger partial charge in [0.2, 0.25) is 0 Å². The van der Waals surface area contributed by atoms with E-state index >= 15 is 0 Å². The number of halogens is 2. The molecule has 9 heteroatoms. The Morgan fingerprint density at radius 3 is 2.37 bits per heavy atom. The molecular weight excluding hydrogens is 547 g/mol. The maximum absolute atomic E-state index is 15.0. The average molecular weight is 589 g/mol. The predicted molar refractivity (Wildman–Crippen MR) is 157 cm³/mol. The van der Waals surface area contributed by atoms with Gasteiger partial charge in [-0.05, 0) is 90.1 Å². The minimum Gasteiger partial charge on any atom is -0.488 e. The zero-order valence-corrected chi connectivity index (χ0v) is 25.7. The Kier molecular flexibility index (Phi) is 9.54. The molecule has 2 aromatic carbocycles. The number of hydrogen-bond acceptors (Lipinski definition) is 6. The topological polar surface area (TPSA) is 68.3 Å². The SMILES string of the molecule is COC(=O)[C@@H]1C[C@H](Oc2cc(F)c(Cl)c(C[C@H]3CC[C@](c4ccccc4)(N(C)C)CC3)c2)CN1C(=O)OC(C)(C)C. The molecule has 0 aromatic heterocycles. The molecule has 1 aliphatic heterocycles. The minimum absolute atomic E-state index is 0.0174. The summed E-state index contributed by atoms with van der Waals surface area (Å²) in [6.45, 7) is 5.39. The van der Waals surface area contributed by atoms with E-state index in [4.69, 9.17) is 25.8 Å². The number of carbonyl (C=O) groups excluding carboxylic acids is 2. The molecule has 1 heterocycles. The molecule has 0 N–H and O–H groups in total. The first-order valence-electron chi connectivity index (χ1n) is 14.3. The van der Waals surface area contributed by atoms with E-state index in [1.807, 2.05) is 6.07 Å². The first-order valence-corrected chi connectivity index (χ1v) is 14.7. The van der Waals surface area contributed by atoms with Crippen LogP contribution in [0.1, 0.15) is 64.0 Å². The lowest BCUT2D eigenvalue weighted by Gasteiger charge is -2.45. The summed E-state index contributed by atoms with van der Waals surface area (Å²) in [4.78, 5) is 28.9. The van der Waals surface area contributed by atoms with Gasteiger partial charge in [-0.25, -0.2) is 14.0 Å².